The lowest BCUT2D eigenvalue weighted by molar-refractivity contribution is -0.385. The summed E-state index contributed by atoms with van der Waals surface area (Å²) in [6.07, 6.45) is 0.437. The third-order valence-corrected chi connectivity index (χ3v) is 4.21. The summed E-state index contributed by atoms with van der Waals surface area (Å²) in [5, 5.41) is 12.0. The van der Waals surface area contributed by atoms with E-state index in [-0.39, 0.29) is 24.3 Å². The third-order valence-electron chi connectivity index (χ3n) is 3.68. The number of ether oxygens (including phenoxy) is 1. The Bertz CT molecular complexity index is 905. The molecule has 2 amide bonds. The molecule has 148 valence electrons. The van der Waals surface area contributed by atoms with Crippen LogP contribution in [0, 0.1) is 17.0 Å². The number of para-hydroxylation sites is 1. The molecule has 28 heavy (non-hydrogen) atoms. The van der Waals surface area contributed by atoms with Gasteiger partial charge in [0.25, 0.3) is 11.6 Å². The Morgan fingerprint density at radius 2 is 1.93 bits per heavy atom. The zero-order valence-electron chi connectivity index (χ0n) is 14.8. The average Bonchev–Trinajstić information content (AvgIpc) is 2.64. The molecule has 2 N–H and O–H groups in total. The van der Waals surface area contributed by atoms with Gasteiger partial charge in [0.05, 0.1) is 16.6 Å². The van der Waals surface area contributed by atoms with Gasteiger partial charge in [-0.2, -0.15) is 0 Å². The number of nitrogens with zero attached hydrogens (tertiary/aromatic N) is 1. The summed E-state index contributed by atoms with van der Waals surface area (Å²) in [5.41, 5.74) is 4.31. The van der Waals surface area contributed by atoms with Crippen molar-refractivity contribution in [1.29, 1.82) is 0 Å². The number of halogens is 2. The molecule has 10 heteroatoms. The van der Waals surface area contributed by atoms with E-state index in [0.29, 0.717) is 27.8 Å². The number of rotatable bonds is 7. The maximum Gasteiger partial charge on any atom is 0.285 e. The number of nitrogens with one attached hydrogen (secondary N) is 2. The second kappa shape index (κ2) is 9.91. The van der Waals surface area contributed by atoms with Crippen LogP contribution >= 0.6 is 23.2 Å². The molecule has 0 atom stereocenters. The van der Waals surface area contributed by atoms with Gasteiger partial charge in [-0.3, -0.25) is 30.6 Å². The zero-order chi connectivity index (χ0) is 20.7. The summed E-state index contributed by atoms with van der Waals surface area (Å²) >= 11 is 11.8. The van der Waals surface area contributed by atoms with Gasteiger partial charge in [-0.05, 0) is 37.6 Å². The van der Waals surface area contributed by atoms with E-state index in [0.717, 1.165) is 0 Å². The highest BCUT2D eigenvalue weighted by atomic mass is 35.5. The van der Waals surface area contributed by atoms with Gasteiger partial charge >= 0.3 is 0 Å². The molecule has 0 aliphatic carbocycles. The standard InChI is InChI=1S/C18H17Cl2N3O5/c1-11-4-2-5-13(17(11)23(26)27)18(25)22-21-16(24)6-3-9-28-15-8-7-12(19)10-14(15)20/h2,4-5,7-8,10H,3,6,9H2,1H3,(H,21,24)(H,22,25). The fourth-order valence-electron chi connectivity index (χ4n) is 2.35. The molecule has 0 saturated heterocycles. The van der Waals surface area contributed by atoms with Crippen molar-refractivity contribution in [3.05, 3.63) is 67.7 Å². The van der Waals surface area contributed by atoms with Crippen LogP contribution in [0.1, 0.15) is 28.8 Å². The minimum Gasteiger partial charge on any atom is -0.492 e. The number of hydrazine groups is 1. The molecule has 2 rings (SSSR count). The maximum atomic E-state index is 12.1. The molecule has 2 aromatic rings. The Balaban J connectivity index is 1.79. The first-order valence-electron chi connectivity index (χ1n) is 8.20. The van der Waals surface area contributed by atoms with Crippen molar-refractivity contribution < 1.29 is 19.2 Å². The fraction of sp³-hybridized carbons (Fsp3) is 0.222. The van der Waals surface area contributed by atoms with Crippen LogP contribution in [0.25, 0.3) is 0 Å². The normalized spacial score (nSPS) is 10.2. The number of hydrogen-bond donors (Lipinski definition) is 2. The van der Waals surface area contributed by atoms with Crippen molar-refractivity contribution in [2.45, 2.75) is 19.8 Å². The number of benzene rings is 2. The molecule has 2 aromatic carbocycles. The predicted octanol–water partition coefficient (Wildman–Crippen LogP) is 3.83. The highest BCUT2D eigenvalue weighted by molar-refractivity contribution is 6.35. The molecule has 8 nitrogen and oxygen atoms in total. The quantitative estimate of drug-likeness (QED) is 0.397. The van der Waals surface area contributed by atoms with E-state index in [1.54, 1.807) is 18.2 Å². The average molecular weight is 426 g/mol. The molecule has 0 saturated carbocycles. The molecule has 0 fully saturated rings. The van der Waals surface area contributed by atoms with Crippen molar-refractivity contribution in [3.8, 4) is 5.75 Å². The van der Waals surface area contributed by atoms with E-state index in [4.69, 9.17) is 27.9 Å². The predicted molar refractivity (Wildman–Crippen MR) is 105 cm³/mol. The van der Waals surface area contributed by atoms with Crippen LogP contribution in [-0.2, 0) is 4.79 Å². The van der Waals surface area contributed by atoms with Crippen LogP contribution in [0.5, 0.6) is 5.75 Å². The topological polar surface area (TPSA) is 111 Å². The van der Waals surface area contributed by atoms with Gasteiger partial charge < -0.3 is 4.74 Å². The molecule has 0 bridgehead atoms. The Hall–Kier alpha value is -2.84. The molecule has 0 spiro atoms. The van der Waals surface area contributed by atoms with E-state index in [9.17, 15) is 19.7 Å². The minimum absolute atomic E-state index is 0.0708. The van der Waals surface area contributed by atoms with E-state index < -0.39 is 16.7 Å². The summed E-state index contributed by atoms with van der Waals surface area (Å²) < 4.78 is 5.46. The van der Waals surface area contributed by atoms with E-state index in [1.807, 2.05) is 0 Å². The number of nitro groups is 1. The van der Waals surface area contributed by atoms with Gasteiger partial charge in [-0.1, -0.05) is 35.3 Å². The molecule has 0 radical (unpaired) electrons. The van der Waals surface area contributed by atoms with Gasteiger partial charge in [-0.15, -0.1) is 0 Å². The van der Waals surface area contributed by atoms with Gasteiger partial charge in [0, 0.05) is 17.0 Å². The van der Waals surface area contributed by atoms with Gasteiger partial charge in [0.1, 0.15) is 11.3 Å². The first-order valence-corrected chi connectivity index (χ1v) is 8.96. The fourth-order valence-corrected chi connectivity index (χ4v) is 2.81. The van der Waals surface area contributed by atoms with Crippen LogP contribution in [0.2, 0.25) is 10.0 Å². The minimum atomic E-state index is -0.770. The number of hydrogen-bond acceptors (Lipinski definition) is 5. The third kappa shape index (κ3) is 5.83. The maximum absolute atomic E-state index is 12.1. The van der Waals surface area contributed by atoms with Crippen LogP contribution in [0.15, 0.2) is 36.4 Å². The lowest BCUT2D eigenvalue weighted by atomic mass is 10.1. The molecule has 0 aromatic heterocycles. The Kier molecular flexibility index (Phi) is 7.60. The number of carbonyl (C=O) groups is 2. The van der Waals surface area contributed by atoms with E-state index in [2.05, 4.69) is 10.9 Å². The number of nitro benzene ring substituents is 1. The first-order chi connectivity index (χ1) is 13.3. The highest BCUT2D eigenvalue weighted by Gasteiger charge is 2.22. The van der Waals surface area contributed by atoms with Gasteiger partial charge in [0.2, 0.25) is 5.91 Å². The highest BCUT2D eigenvalue weighted by Crippen LogP contribution is 2.27. The second-order valence-corrected chi connectivity index (χ2v) is 6.60. The SMILES string of the molecule is Cc1cccc(C(=O)NNC(=O)CCCOc2ccc(Cl)cc2Cl)c1[N+](=O)[O-]. The summed E-state index contributed by atoms with van der Waals surface area (Å²) in [6, 6.07) is 9.18. The van der Waals surface area contributed by atoms with E-state index >= 15 is 0 Å². The van der Waals surface area contributed by atoms with Crippen LogP contribution in [0.3, 0.4) is 0 Å². The van der Waals surface area contributed by atoms with Crippen LogP contribution < -0.4 is 15.6 Å². The van der Waals surface area contributed by atoms with Crippen molar-refractivity contribution in [2.75, 3.05) is 6.61 Å². The van der Waals surface area contributed by atoms with Crippen molar-refractivity contribution >= 4 is 40.7 Å². The lowest BCUT2D eigenvalue weighted by Crippen LogP contribution is -2.41. The van der Waals surface area contributed by atoms with Gasteiger partial charge in [-0.25, -0.2) is 0 Å². The number of aryl methyl sites for hydroxylation is 1. The van der Waals surface area contributed by atoms with Crippen molar-refractivity contribution in [1.82, 2.24) is 10.9 Å². The molecule has 0 aliphatic rings. The van der Waals surface area contributed by atoms with Crippen LogP contribution in [-0.4, -0.2) is 23.3 Å². The lowest BCUT2D eigenvalue weighted by Gasteiger charge is -2.10. The van der Waals surface area contributed by atoms with Crippen molar-refractivity contribution in [2.24, 2.45) is 0 Å². The second-order valence-electron chi connectivity index (χ2n) is 5.76. The molecule has 0 aliphatic heterocycles. The summed E-state index contributed by atoms with van der Waals surface area (Å²) in [4.78, 5) is 34.4. The smallest absolute Gasteiger partial charge is 0.285 e. The zero-order valence-corrected chi connectivity index (χ0v) is 16.3. The number of carbonyl (C=O) groups excluding carboxylic acids is 2. The number of amides is 2. The van der Waals surface area contributed by atoms with Crippen molar-refractivity contribution in [3.63, 3.8) is 0 Å². The van der Waals surface area contributed by atoms with Crippen LogP contribution in [0.4, 0.5) is 5.69 Å². The summed E-state index contributed by atoms with van der Waals surface area (Å²) in [6.45, 7) is 1.76. The Morgan fingerprint density at radius 3 is 2.61 bits per heavy atom. The van der Waals surface area contributed by atoms with Gasteiger partial charge in [0.15, 0.2) is 0 Å². The summed E-state index contributed by atoms with van der Waals surface area (Å²) in [5.74, 6) is -0.783. The first kappa shape index (κ1) is 21.5. The molecular formula is C18H17Cl2N3O5. The largest absolute Gasteiger partial charge is 0.492 e. The monoisotopic (exact) mass is 425 g/mol. The Labute approximate surface area is 170 Å². The molecule has 0 unspecified atom stereocenters. The molecular weight excluding hydrogens is 409 g/mol. The summed E-state index contributed by atoms with van der Waals surface area (Å²) in [7, 11) is 0. The molecule has 0 heterocycles. The van der Waals surface area contributed by atoms with E-state index in [1.165, 1.54) is 25.1 Å². The Morgan fingerprint density at radius 1 is 1.18 bits per heavy atom.